The molecule has 28 heavy (non-hydrogen) atoms. The number of aromatic nitrogens is 1. The Morgan fingerprint density at radius 3 is 2.71 bits per heavy atom. The summed E-state index contributed by atoms with van der Waals surface area (Å²) < 4.78 is 11.5. The van der Waals surface area contributed by atoms with Crippen LogP contribution in [0.4, 0.5) is 10.8 Å². The summed E-state index contributed by atoms with van der Waals surface area (Å²) >= 11 is 1.38. The average molecular weight is 397 g/mol. The van der Waals surface area contributed by atoms with Crippen LogP contribution in [0.1, 0.15) is 23.2 Å². The molecule has 1 aliphatic heterocycles. The number of rotatable bonds is 5. The molecule has 1 fully saturated rings. The summed E-state index contributed by atoms with van der Waals surface area (Å²) in [6, 6.07) is 12.3. The lowest BCUT2D eigenvalue weighted by atomic mass is 10.2. The van der Waals surface area contributed by atoms with Gasteiger partial charge in [-0.3, -0.25) is 14.9 Å². The van der Waals surface area contributed by atoms with Gasteiger partial charge < -0.3 is 14.8 Å². The third-order valence-corrected chi connectivity index (χ3v) is 5.39. The highest BCUT2D eigenvalue weighted by molar-refractivity contribution is 7.22. The molecule has 2 amide bonds. The fourth-order valence-corrected chi connectivity index (χ4v) is 3.86. The van der Waals surface area contributed by atoms with E-state index in [9.17, 15) is 9.59 Å². The number of ether oxygens (including phenoxy) is 2. The zero-order valence-corrected chi connectivity index (χ0v) is 16.0. The largest absolute Gasteiger partial charge is 0.497 e. The molecule has 0 saturated carbocycles. The van der Waals surface area contributed by atoms with Crippen LogP contribution in [-0.4, -0.2) is 36.6 Å². The highest BCUT2D eigenvalue weighted by Crippen LogP contribution is 2.29. The third kappa shape index (κ3) is 3.97. The first-order valence-corrected chi connectivity index (χ1v) is 9.72. The summed E-state index contributed by atoms with van der Waals surface area (Å²) in [6.45, 7) is 0.621. The van der Waals surface area contributed by atoms with Gasteiger partial charge in [0.15, 0.2) is 5.13 Å². The molecule has 0 spiro atoms. The number of carbonyl (C=O) groups excluding carboxylic acids is 2. The van der Waals surface area contributed by atoms with Crippen LogP contribution < -0.4 is 15.4 Å². The van der Waals surface area contributed by atoms with Crippen LogP contribution in [0.5, 0.6) is 5.75 Å². The fourth-order valence-electron chi connectivity index (χ4n) is 2.97. The average Bonchev–Trinajstić information content (AvgIpc) is 3.37. The van der Waals surface area contributed by atoms with Gasteiger partial charge in [-0.2, -0.15) is 0 Å². The van der Waals surface area contributed by atoms with Crippen molar-refractivity contribution in [1.29, 1.82) is 0 Å². The van der Waals surface area contributed by atoms with E-state index < -0.39 is 0 Å². The lowest BCUT2D eigenvalue weighted by Gasteiger charge is -2.10. The maximum absolute atomic E-state index is 12.5. The Labute approximate surface area is 165 Å². The summed E-state index contributed by atoms with van der Waals surface area (Å²) in [6.07, 6.45) is 1.25. The summed E-state index contributed by atoms with van der Waals surface area (Å²) in [5, 5.41) is 6.14. The number of benzene rings is 2. The smallest absolute Gasteiger partial charge is 0.257 e. The van der Waals surface area contributed by atoms with E-state index in [2.05, 4.69) is 15.6 Å². The van der Waals surface area contributed by atoms with E-state index in [1.165, 1.54) is 11.3 Å². The van der Waals surface area contributed by atoms with Crippen LogP contribution >= 0.6 is 11.3 Å². The molecule has 0 bridgehead atoms. The van der Waals surface area contributed by atoms with E-state index in [1.54, 1.807) is 31.4 Å². The zero-order chi connectivity index (χ0) is 19.5. The van der Waals surface area contributed by atoms with E-state index >= 15 is 0 Å². The fraction of sp³-hybridized carbons (Fsp3) is 0.250. The van der Waals surface area contributed by atoms with Crippen LogP contribution in [0.2, 0.25) is 0 Å². The van der Waals surface area contributed by atoms with Crippen LogP contribution in [-0.2, 0) is 9.53 Å². The molecule has 0 radical (unpaired) electrons. The SMILES string of the molecule is COc1ccc2nc(NC(=O)c3ccc(NC(=O)[C@@H]4CCCO4)cc3)sc2c1. The van der Waals surface area contributed by atoms with Crippen molar-refractivity contribution in [2.75, 3.05) is 24.4 Å². The molecular weight excluding hydrogens is 378 g/mol. The predicted molar refractivity (Wildman–Crippen MR) is 108 cm³/mol. The molecule has 2 heterocycles. The Balaban J connectivity index is 1.41. The molecule has 3 aromatic rings. The van der Waals surface area contributed by atoms with Crippen molar-refractivity contribution in [2.24, 2.45) is 0 Å². The van der Waals surface area contributed by atoms with Gasteiger partial charge in [0.05, 0.1) is 17.3 Å². The second-order valence-corrected chi connectivity index (χ2v) is 7.41. The van der Waals surface area contributed by atoms with Crippen LogP contribution in [0.3, 0.4) is 0 Å². The van der Waals surface area contributed by atoms with Crippen molar-refractivity contribution < 1.29 is 19.1 Å². The number of nitrogens with one attached hydrogen (secondary N) is 2. The Morgan fingerprint density at radius 1 is 1.18 bits per heavy atom. The van der Waals surface area contributed by atoms with Gasteiger partial charge in [0.2, 0.25) is 0 Å². The van der Waals surface area contributed by atoms with Crippen molar-refractivity contribution in [3.05, 3.63) is 48.0 Å². The van der Waals surface area contributed by atoms with Gasteiger partial charge in [-0.15, -0.1) is 0 Å². The van der Waals surface area contributed by atoms with Crippen molar-refractivity contribution in [2.45, 2.75) is 18.9 Å². The molecular formula is C20H19N3O4S. The molecule has 1 saturated heterocycles. The first kappa shape index (κ1) is 18.4. The quantitative estimate of drug-likeness (QED) is 0.686. The Morgan fingerprint density at radius 2 is 2.00 bits per heavy atom. The monoisotopic (exact) mass is 397 g/mol. The molecule has 2 N–H and O–H groups in total. The molecule has 1 aromatic heterocycles. The zero-order valence-electron chi connectivity index (χ0n) is 15.2. The molecule has 0 unspecified atom stereocenters. The summed E-state index contributed by atoms with van der Waals surface area (Å²) in [4.78, 5) is 29.0. The number of fused-ring (bicyclic) bond motifs is 1. The molecule has 144 valence electrons. The topological polar surface area (TPSA) is 89.5 Å². The summed E-state index contributed by atoms with van der Waals surface area (Å²) in [7, 11) is 1.61. The van der Waals surface area contributed by atoms with E-state index in [1.807, 2.05) is 18.2 Å². The number of hydrogen-bond donors (Lipinski definition) is 2. The predicted octanol–water partition coefficient (Wildman–Crippen LogP) is 3.67. The first-order valence-electron chi connectivity index (χ1n) is 8.91. The molecule has 8 heteroatoms. The number of nitrogens with zero attached hydrogens (tertiary/aromatic N) is 1. The minimum atomic E-state index is -0.388. The Kier molecular flexibility index (Phi) is 5.23. The number of carbonyl (C=O) groups is 2. The number of methoxy groups -OCH3 is 1. The number of hydrogen-bond acceptors (Lipinski definition) is 6. The number of thiazole rings is 1. The molecule has 0 aliphatic carbocycles. The van der Waals surface area contributed by atoms with Crippen molar-refractivity contribution in [1.82, 2.24) is 4.98 Å². The first-order chi connectivity index (χ1) is 13.6. The lowest BCUT2D eigenvalue weighted by molar-refractivity contribution is -0.124. The molecule has 1 atom stereocenters. The second kappa shape index (κ2) is 7.95. The van der Waals surface area contributed by atoms with E-state index in [0.717, 1.165) is 28.8 Å². The Bertz CT molecular complexity index is 1010. The van der Waals surface area contributed by atoms with Gasteiger partial charge >= 0.3 is 0 Å². The van der Waals surface area contributed by atoms with Crippen molar-refractivity contribution in [3.8, 4) is 5.75 Å². The van der Waals surface area contributed by atoms with Crippen LogP contribution in [0.25, 0.3) is 10.2 Å². The summed E-state index contributed by atoms with van der Waals surface area (Å²) in [5.74, 6) is 0.331. The van der Waals surface area contributed by atoms with Gasteiger partial charge in [0.1, 0.15) is 11.9 Å². The minimum Gasteiger partial charge on any atom is -0.497 e. The highest BCUT2D eigenvalue weighted by Gasteiger charge is 2.23. The third-order valence-electron chi connectivity index (χ3n) is 4.45. The van der Waals surface area contributed by atoms with Gasteiger partial charge in [-0.05, 0) is 55.3 Å². The van der Waals surface area contributed by atoms with Gasteiger partial charge in [-0.1, -0.05) is 11.3 Å². The van der Waals surface area contributed by atoms with Crippen molar-refractivity contribution in [3.63, 3.8) is 0 Å². The highest BCUT2D eigenvalue weighted by atomic mass is 32.1. The molecule has 1 aliphatic rings. The second-order valence-electron chi connectivity index (χ2n) is 6.38. The number of amides is 2. The van der Waals surface area contributed by atoms with E-state index in [4.69, 9.17) is 9.47 Å². The Hall–Kier alpha value is -2.97. The van der Waals surface area contributed by atoms with Gasteiger partial charge in [0.25, 0.3) is 11.8 Å². The normalized spacial score (nSPS) is 16.1. The van der Waals surface area contributed by atoms with Crippen LogP contribution in [0.15, 0.2) is 42.5 Å². The van der Waals surface area contributed by atoms with Crippen LogP contribution in [0, 0.1) is 0 Å². The molecule has 4 rings (SSSR count). The van der Waals surface area contributed by atoms with E-state index in [-0.39, 0.29) is 17.9 Å². The summed E-state index contributed by atoms with van der Waals surface area (Å²) in [5.41, 5.74) is 1.91. The van der Waals surface area contributed by atoms with Gasteiger partial charge in [-0.25, -0.2) is 4.98 Å². The minimum absolute atomic E-state index is 0.153. The maximum Gasteiger partial charge on any atom is 0.257 e. The molecule has 2 aromatic carbocycles. The lowest BCUT2D eigenvalue weighted by Crippen LogP contribution is -2.26. The maximum atomic E-state index is 12.5. The van der Waals surface area contributed by atoms with E-state index in [0.29, 0.717) is 23.0 Å². The van der Waals surface area contributed by atoms with Crippen molar-refractivity contribution >= 4 is 44.2 Å². The number of anilines is 2. The van der Waals surface area contributed by atoms with Gasteiger partial charge in [0, 0.05) is 17.9 Å². The standard InChI is InChI=1S/C20H19N3O4S/c1-26-14-8-9-15-17(11-14)28-20(22-15)23-18(24)12-4-6-13(7-5-12)21-19(25)16-3-2-10-27-16/h4-9,11,16H,2-3,10H2,1H3,(H,21,25)(H,22,23,24)/t16-/m0/s1. The molecule has 7 nitrogen and oxygen atoms in total.